The maximum absolute atomic E-state index is 9.85. The Morgan fingerprint density at radius 3 is 2.66 bits per heavy atom. The third-order valence-corrected chi connectivity index (χ3v) is 7.01. The molecule has 0 atom stereocenters. The van der Waals surface area contributed by atoms with Gasteiger partial charge in [0, 0.05) is 41.1 Å². The third-order valence-electron chi connectivity index (χ3n) is 5.87. The van der Waals surface area contributed by atoms with Gasteiger partial charge in [0.25, 0.3) is 0 Å². The van der Waals surface area contributed by atoms with Crippen molar-refractivity contribution in [3.8, 4) is 26.8 Å². The number of anilines is 2. The molecule has 0 fully saturated rings. The second-order valence-corrected chi connectivity index (χ2v) is 9.36. The summed E-state index contributed by atoms with van der Waals surface area (Å²) in [6.07, 6.45) is 5.68. The summed E-state index contributed by atoms with van der Waals surface area (Å²) in [5, 5.41) is 14.2. The molecule has 0 radical (unpaired) electrons. The Balaban J connectivity index is 1.29. The minimum absolute atomic E-state index is 0.255. The van der Waals surface area contributed by atoms with E-state index in [2.05, 4.69) is 49.1 Å². The van der Waals surface area contributed by atoms with E-state index in [-0.39, 0.29) is 5.75 Å². The zero-order valence-electron chi connectivity index (χ0n) is 18.9. The number of imidazole rings is 1. The van der Waals surface area contributed by atoms with Crippen molar-refractivity contribution in [1.82, 2.24) is 24.5 Å². The third kappa shape index (κ3) is 4.27. The molecular weight excluding hydrogens is 456 g/mol. The normalized spacial score (nSPS) is 11.2. The summed E-state index contributed by atoms with van der Waals surface area (Å²) in [7, 11) is 0. The summed E-state index contributed by atoms with van der Waals surface area (Å²) in [5.41, 5.74) is 4.72. The number of nitrogens with one attached hydrogen (secondary N) is 2. The highest BCUT2D eigenvalue weighted by Gasteiger charge is 2.14. The Morgan fingerprint density at radius 2 is 1.86 bits per heavy atom. The maximum atomic E-state index is 9.85. The van der Waals surface area contributed by atoms with E-state index < -0.39 is 0 Å². The van der Waals surface area contributed by atoms with Crippen LogP contribution in [0.15, 0.2) is 85.3 Å². The Hall–Kier alpha value is -4.43. The lowest BCUT2D eigenvalue weighted by atomic mass is 10.2. The maximum Gasteiger partial charge on any atom is 0.229 e. The van der Waals surface area contributed by atoms with E-state index in [0.717, 1.165) is 50.1 Å². The minimum atomic E-state index is 0.255. The summed E-state index contributed by atoms with van der Waals surface area (Å²) in [6, 6.07) is 21.7. The van der Waals surface area contributed by atoms with Gasteiger partial charge in [-0.1, -0.05) is 24.3 Å². The first kappa shape index (κ1) is 21.1. The first-order chi connectivity index (χ1) is 17.1. The fourth-order valence-corrected chi connectivity index (χ4v) is 5.06. The van der Waals surface area contributed by atoms with Gasteiger partial charge < -0.3 is 20.0 Å². The fourth-order valence-electron chi connectivity index (χ4n) is 4.05. The second-order valence-electron chi connectivity index (χ2n) is 8.27. The number of phenolic OH excluding ortho intramolecular Hbond substituents is 1. The molecular formula is C27H22N6OS. The van der Waals surface area contributed by atoms with Gasteiger partial charge in [0.1, 0.15) is 17.2 Å². The number of aromatic nitrogens is 5. The monoisotopic (exact) mass is 478 g/mol. The van der Waals surface area contributed by atoms with E-state index in [1.165, 1.54) is 5.56 Å². The lowest BCUT2D eigenvalue weighted by Crippen LogP contribution is -2.02. The highest BCUT2D eigenvalue weighted by molar-refractivity contribution is 7.18. The molecule has 0 unspecified atom stereocenters. The number of hydrogen-bond donors (Lipinski definition) is 3. The number of rotatable bonds is 6. The molecule has 0 saturated carbocycles. The Kier molecular flexibility index (Phi) is 5.27. The van der Waals surface area contributed by atoms with Gasteiger partial charge in [0.2, 0.25) is 5.95 Å². The van der Waals surface area contributed by atoms with Gasteiger partial charge in [-0.25, -0.2) is 9.97 Å². The zero-order valence-corrected chi connectivity index (χ0v) is 19.8. The predicted molar refractivity (Wildman–Crippen MR) is 140 cm³/mol. The largest absolute Gasteiger partial charge is 0.508 e. The van der Waals surface area contributed by atoms with Gasteiger partial charge in [-0.2, -0.15) is 4.98 Å². The Morgan fingerprint density at radius 1 is 1.00 bits per heavy atom. The van der Waals surface area contributed by atoms with Crippen LogP contribution in [0.2, 0.25) is 0 Å². The number of thiophene rings is 1. The van der Waals surface area contributed by atoms with Gasteiger partial charge in [0.15, 0.2) is 0 Å². The lowest BCUT2D eigenvalue weighted by molar-refractivity contribution is 0.475. The van der Waals surface area contributed by atoms with Gasteiger partial charge in [-0.05, 0) is 60.5 Å². The fraction of sp³-hybridized carbons (Fsp3) is 0.0741. The molecule has 4 aromatic heterocycles. The number of benzene rings is 2. The van der Waals surface area contributed by atoms with Gasteiger partial charge in [-0.15, -0.1) is 11.3 Å². The molecule has 7 nitrogen and oxygen atoms in total. The molecule has 172 valence electrons. The molecule has 0 saturated heterocycles. The molecule has 8 heteroatoms. The minimum Gasteiger partial charge on any atom is -0.508 e. The molecule has 0 amide bonds. The number of aromatic amines is 1. The summed E-state index contributed by atoms with van der Waals surface area (Å²) in [6.45, 7) is 2.78. The zero-order chi connectivity index (χ0) is 23.8. The van der Waals surface area contributed by atoms with E-state index in [4.69, 9.17) is 4.98 Å². The Bertz CT molecular complexity index is 1630. The smallest absolute Gasteiger partial charge is 0.229 e. The van der Waals surface area contributed by atoms with E-state index in [1.54, 1.807) is 23.5 Å². The number of H-pyrrole nitrogens is 1. The number of fused-ring (bicyclic) bond motifs is 1. The van der Waals surface area contributed by atoms with Crippen LogP contribution in [0.3, 0.4) is 0 Å². The van der Waals surface area contributed by atoms with Gasteiger partial charge >= 0.3 is 0 Å². The molecule has 4 heterocycles. The van der Waals surface area contributed by atoms with E-state index in [1.807, 2.05) is 55.8 Å². The highest BCUT2D eigenvalue weighted by atomic mass is 32.1. The number of hydrogen-bond acceptors (Lipinski definition) is 6. The van der Waals surface area contributed by atoms with Crippen molar-refractivity contribution in [1.29, 1.82) is 0 Å². The molecule has 6 aromatic rings. The van der Waals surface area contributed by atoms with E-state index in [0.29, 0.717) is 5.95 Å². The van der Waals surface area contributed by atoms with Crippen molar-refractivity contribution in [2.75, 3.05) is 5.32 Å². The van der Waals surface area contributed by atoms with Crippen molar-refractivity contribution >= 4 is 34.0 Å². The first-order valence-corrected chi connectivity index (χ1v) is 12.0. The predicted octanol–water partition coefficient (Wildman–Crippen LogP) is 6.36. The van der Waals surface area contributed by atoms with Crippen molar-refractivity contribution in [3.05, 3.63) is 96.7 Å². The molecule has 0 spiro atoms. The summed E-state index contributed by atoms with van der Waals surface area (Å²) < 4.78 is 2.11. The average Bonchev–Trinajstić information content (AvgIpc) is 3.62. The van der Waals surface area contributed by atoms with Crippen LogP contribution in [-0.4, -0.2) is 29.6 Å². The molecule has 0 aliphatic carbocycles. The number of aryl methyl sites for hydroxylation is 1. The van der Waals surface area contributed by atoms with Crippen LogP contribution in [0.1, 0.15) is 11.4 Å². The average molecular weight is 479 g/mol. The van der Waals surface area contributed by atoms with Crippen molar-refractivity contribution in [2.45, 2.75) is 13.5 Å². The summed E-state index contributed by atoms with van der Waals surface area (Å²) in [5.74, 6) is 1.78. The molecule has 0 aliphatic heterocycles. The SMILES string of the molecule is Cc1nccn1Cc1ccc(Nc2nc(-c3ccc(-c4cccc(O)c4)s3)c3cc[nH]c3n2)cc1. The number of aromatic hydroxyl groups is 1. The molecule has 6 rings (SSSR count). The van der Waals surface area contributed by atoms with Crippen LogP contribution < -0.4 is 5.32 Å². The number of nitrogens with zero attached hydrogens (tertiary/aromatic N) is 4. The van der Waals surface area contributed by atoms with Crippen LogP contribution in [0.4, 0.5) is 11.6 Å². The summed E-state index contributed by atoms with van der Waals surface area (Å²) >= 11 is 1.64. The van der Waals surface area contributed by atoms with Crippen molar-refractivity contribution < 1.29 is 5.11 Å². The molecule has 2 aromatic carbocycles. The topological polar surface area (TPSA) is 91.6 Å². The van der Waals surface area contributed by atoms with Crippen LogP contribution in [0, 0.1) is 6.92 Å². The quantitative estimate of drug-likeness (QED) is 0.259. The van der Waals surface area contributed by atoms with Gasteiger partial charge in [0.05, 0.1) is 10.6 Å². The standard InChI is InChI=1S/C27H22N6OS/c1-17-28-13-14-33(17)16-18-5-7-20(8-6-18)30-27-31-25(22-11-12-29-26(22)32-27)24-10-9-23(35-24)19-3-2-4-21(34)15-19/h2-15,34H,16H2,1H3,(H2,29,30,31,32). The highest BCUT2D eigenvalue weighted by Crippen LogP contribution is 2.37. The first-order valence-electron chi connectivity index (χ1n) is 11.2. The van der Waals surface area contributed by atoms with E-state index in [9.17, 15) is 5.11 Å². The molecule has 0 bridgehead atoms. The number of phenols is 1. The van der Waals surface area contributed by atoms with E-state index >= 15 is 0 Å². The van der Waals surface area contributed by atoms with Crippen LogP contribution in [0.5, 0.6) is 5.75 Å². The van der Waals surface area contributed by atoms with Crippen LogP contribution in [-0.2, 0) is 6.54 Å². The van der Waals surface area contributed by atoms with Crippen molar-refractivity contribution in [2.24, 2.45) is 0 Å². The lowest BCUT2D eigenvalue weighted by Gasteiger charge is -2.09. The summed E-state index contributed by atoms with van der Waals surface area (Å²) in [4.78, 5) is 19.1. The van der Waals surface area contributed by atoms with Crippen LogP contribution >= 0.6 is 11.3 Å². The van der Waals surface area contributed by atoms with Crippen LogP contribution in [0.25, 0.3) is 32.0 Å². The molecule has 35 heavy (non-hydrogen) atoms. The Labute approximate surface area is 205 Å². The van der Waals surface area contributed by atoms with Gasteiger partial charge in [-0.3, -0.25) is 0 Å². The second kappa shape index (κ2) is 8.73. The van der Waals surface area contributed by atoms with Crippen molar-refractivity contribution in [3.63, 3.8) is 0 Å². The molecule has 0 aliphatic rings. The molecule has 3 N–H and O–H groups in total.